The van der Waals surface area contributed by atoms with E-state index in [0.717, 1.165) is 6.42 Å². The van der Waals surface area contributed by atoms with Crippen LogP contribution >= 0.6 is 11.6 Å². The first-order chi connectivity index (χ1) is 8.24. The maximum Gasteiger partial charge on any atom is 0.410 e. The van der Waals surface area contributed by atoms with Crippen LogP contribution in [0.15, 0.2) is 0 Å². The first-order valence-electron chi connectivity index (χ1n) is 6.04. The van der Waals surface area contributed by atoms with Gasteiger partial charge in [-0.1, -0.05) is 0 Å². The van der Waals surface area contributed by atoms with E-state index in [1.807, 2.05) is 20.8 Å². The number of rotatable bonds is 2. The van der Waals surface area contributed by atoms with E-state index in [4.69, 9.17) is 16.3 Å². The van der Waals surface area contributed by atoms with Crippen molar-refractivity contribution in [2.24, 2.45) is 0 Å². The van der Waals surface area contributed by atoms with Crippen molar-refractivity contribution in [1.82, 2.24) is 9.80 Å². The van der Waals surface area contributed by atoms with Crippen LogP contribution in [0.3, 0.4) is 0 Å². The molecule has 18 heavy (non-hydrogen) atoms. The number of nitrogens with zero attached hydrogens (tertiary/aromatic N) is 2. The summed E-state index contributed by atoms with van der Waals surface area (Å²) in [5, 5.41) is 0. The molecule has 1 saturated heterocycles. The molecule has 0 aromatic rings. The summed E-state index contributed by atoms with van der Waals surface area (Å²) < 4.78 is 5.29. The number of hydrogen-bond donors (Lipinski definition) is 0. The standard InChI is InChI=1S/C12H21ClN2O3/c1-12(2,3)18-11(17)15-6-5-9(8-15)14(4)10(16)7-13/h9H,5-8H2,1-4H3. The third kappa shape index (κ3) is 4.05. The molecule has 6 heteroatoms. The normalized spacial score (nSPS) is 19.8. The summed E-state index contributed by atoms with van der Waals surface area (Å²) in [6, 6.07) is 0.0313. The number of carbonyl (C=O) groups is 2. The maximum atomic E-state index is 11.8. The summed E-state index contributed by atoms with van der Waals surface area (Å²) in [4.78, 5) is 26.5. The minimum absolute atomic E-state index is 0.0283. The van der Waals surface area contributed by atoms with Crippen LogP contribution in [-0.4, -0.2) is 59.5 Å². The predicted octanol–water partition coefficient (Wildman–Crippen LogP) is 1.69. The monoisotopic (exact) mass is 276 g/mol. The molecular weight excluding hydrogens is 256 g/mol. The van der Waals surface area contributed by atoms with Gasteiger partial charge in [-0.15, -0.1) is 11.6 Å². The summed E-state index contributed by atoms with van der Waals surface area (Å²) in [5.74, 6) is -0.146. The van der Waals surface area contributed by atoms with Gasteiger partial charge in [0.05, 0.1) is 6.04 Å². The van der Waals surface area contributed by atoms with Crippen molar-refractivity contribution in [2.45, 2.75) is 38.8 Å². The van der Waals surface area contributed by atoms with Gasteiger partial charge in [0.2, 0.25) is 5.91 Å². The Labute approximate surface area is 113 Å². The van der Waals surface area contributed by atoms with E-state index in [2.05, 4.69) is 0 Å². The van der Waals surface area contributed by atoms with Gasteiger partial charge in [-0.05, 0) is 27.2 Å². The first kappa shape index (κ1) is 15.1. The number of ether oxygens (including phenoxy) is 1. The van der Waals surface area contributed by atoms with Gasteiger partial charge in [-0.25, -0.2) is 4.79 Å². The third-order valence-corrected chi connectivity index (χ3v) is 3.10. The fraction of sp³-hybridized carbons (Fsp3) is 0.833. The lowest BCUT2D eigenvalue weighted by Gasteiger charge is -2.26. The summed E-state index contributed by atoms with van der Waals surface area (Å²) in [5.41, 5.74) is -0.493. The Hall–Kier alpha value is -0.970. The number of likely N-dealkylation sites (tertiary alicyclic amines) is 1. The fourth-order valence-corrected chi connectivity index (χ4v) is 2.04. The van der Waals surface area contributed by atoms with Gasteiger partial charge in [0.25, 0.3) is 0 Å². The Morgan fingerprint density at radius 3 is 2.56 bits per heavy atom. The first-order valence-corrected chi connectivity index (χ1v) is 6.57. The highest BCUT2D eigenvalue weighted by Crippen LogP contribution is 2.18. The number of hydrogen-bond acceptors (Lipinski definition) is 3. The molecule has 1 aliphatic rings. The molecule has 0 radical (unpaired) electrons. The molecule has 0 saturated carbocycles. The predicted molar refractivity (Wildman–Crippen MR) is 69.7 cm³/mol. The quantitative estimate of drug-likeness (QED) is 0.721. The van der Waals surface area contributed by atoms with Crippen molar-refractivity contribution in [2.75, 3.05) is 26.0 Å². The van der Waals surface area contributed by atoms with Crippen LogP contribution in [0.1, 0.15) is 27.2 Å². The molecule has 1 fully saturated rings. The van der Waals surface area contributed by atoms with Crippen molar-refractivity contribution in [1.29, 1.82) is 0 Å². The summed E-state index contributed by atoms with van der Waals surface area (Å²) in [7, 11) is 1.72. The second kappa shape index (κ2) is 5.78. The van der Waals surface area contributed by atoms with Gasteiger partial charge in [0.1, 0.15) is 11.5 Å². The molecular formula is C12H21ClN2O3. The second-order valence-electron chi connectivity index (χ2n) is 5.51. The number of carbonyl (C=O) groups excluding carboxylic acids is 2. The van der Waals surface area contributed by atoms with Gasteiger partial charge in [-0.3, -0.25) is 4.79 Å². The zero-order chi connectivity index (χ0) is 13.9. The van der Waals surface area contributed by atoms with Crippen molar-refractivity contribution in [3.8, 4) is 0 Å². The molecule has 1 rings (SSSR count). The Balaban J connectivity index is 2.51. The molecule has 0 aromatic heterocycles. The molecule has 1 heterocycles. The molecule has 1 unspecified atom stereocenters. The molecule has 0 N–H and O–H groups in total. The van der Waals surface area contributed by atoms with Crippen molar-refractivity contribution in [3.63, 3.8) is 0 Å². The van der Waals surface area contributed by atoms with Gasteiger partial charge in [-0.2, -0.15) is 0 Å². The highest BCUT2D eigenvalue weighted by Gasteiger charge is 2.32. The number of likely N-dealkylation sites (N-methyl/N-ethyl adjacent to an activating group) is 1. The number of amides is 2. The number of alkyl halides is 1. The Morgan fingerprint density at radius 1 is 1.44 bits per heavy atom. The summed E-state index contributed by atoms with van der Waals surface area (Å²) >= 11 is 5.51. The Bertz CT molecular complexity index is 328. The minimum Gasteiger partial charge on any atom is -0.444 e. The van der Waals surface area contributed by atoms with Crippen LogP contribution < -0.4 is 0 Å². The Kier molecular flexibility index (Phi) is 4.85. The van der Waals surface area contributed by atoms with Crippen molar-refractivity contribution in [3.05, 3.63) is 0 Å². The minimum atomic E-state index is -0.493. The smallest absolute Gasteiger partial charge is 0.410 e. The lowest BCUT2D eigenvalue weighted by molar-refractivity contribution is -0.129. The largest absolute Gasteiger partial charge is 0.444 e. The summed E-state index contributed by atoms with van der Waals surface area (Å²) in [6.45, 7) is 6.62. The van der Waals surface area contributed by atoms with Crippen LogP contribution in [0.5, 0.6) is 0 Å². The molecule has 0 aromatic carbocycles. The SMILES string of the molecule is CN(C(=O)CCl)C1CCN(C(=O)OC(C)(C)C)C1. The molecule has 0 bridgehead atoms. The number of halogens is 1. The van der Waals surface area contributed by atoms with Crippen LogP contribution in [0.2, 0.25) is 0 Å². The van der Waals surface area contributed by atoms with Crippen LogP contribution in [0, 0.1) is 0 Å². The van der Waals surface area contributed by atoms with E-state index in [1.54, 1.807) is 16.8 Å². The van der Waals surface area contributed by atoms with Crippen molar-refractivity contribution >= 4 is 23.6 Å². The average molecular weight is 277 g/mol. The van der Waals surface area contributed by atoms with Gasteiger partial charge < -0.3 is 14.5 Å². The molecule has 1 atom stereocenters. The van der Waals surface area contributed by atoms with Crippen LogP contribution in [-0.2, 0) is 9.53 Å². The molecule has 5 nitrogen and oxygen atoms in total. The van der Waals surface area contributed by atoms with E-state index >= 15 is 0 Å². The van der Waals surface area contributed by atoms with Gasteiger partial charge in [0.15, 0.2) is 0 Å². The highest BCUT2D eigenvalue weighted by atomic mass is 35.5. The highest BCUT2D eigenvalue weighted by molar-refractivity contribution is 6.27. The zero-order valence-corrected chi connectivity index (χ0v) is 12.2. The van der Waals surface area contributed by atoms with E-state index < -0.39 is 5.60 Å². The van der Waals surface area contributed by atoms with E-state index in [0.29, 0.717) is 13.1 Å². The van der Waals surface area contributed by atoms with Crippen LogP contribution in [0.25, 0.3) is 0 Å². The maximum absolute atomic E-state index is 11.8. The molecule has 104 valence electrons. The lowest BCUT2D eigenvalue weighted by atomic mass is 10.2. The van der Waals surface area contributed by atoms with Crippen LogP contribution in [0.4, 0.5) is 4.79 Å². The average Bonchev–Trinajstić information content (AvgIpc) is 2.73. The lowest BCUT2D eigenvalue weighted by Crippen LogP contribution is -2.41. The van der Waals surface area contributed by atoms with E-state index in [-0.39, 0.29) is 23.9 Å². The van der Waals surface area contributed by atoms with Gasteiger partial charge >= 0.3 is 6.09 Å². The van der Waals surface area contributed by atoms with E-state index in [1.165, 1.54) is 0 Å². The Morgan fingerprint density at radius 2 is 2.06 bits per heavy atom. The molecule has 2 amide bonds. The third-order valence-electron chi connectivity index (χ3n) is 2.87. The second-order valence-corrected chi connectivity index (χ2v) is 5.77. The van der Waals surface area contributed by atoms with E-state index in [9.17, 15) is 9.59 Å². The molecule has 0 spiro atoms. The summed E-state index contributed by atoms with van der Waals surface area (Å²) in [6.07, 6.45) is 0.440. The topological polar surface area (TPSA) is 49.9 Å². The molecule has 0 aliphatic carbocycles. The van der Waals surface area contributed by atoms with Gasteiger partial charge in [0, 0.05) is 20.1 Å². The fourth-order valence-electron chi connectivity index (χ4n) is 1.85. The molecule has 1 aliphatic heterocycles. The zero-order valence-electron chi connectivity index (χ0n) is 11.4. The van der Waals surface area contributed by atoms with Crippen molar-refractivity contribution < 1.29 is 14.3 Å².